The molecule has 2 aliphatic rings. The predicted molar refractivity (Wildman–Crippen MR) is 89.1 cm³/mol. The van der Waals surface area contributed by atoms with Crippen LogP contribution in [0.25, 0.3) is 0 Å². The summed E-state index contributed by atoms with van der Waals surface area (Å²) in [6.07, 6.45) is -6.64. The number of hydrogen-bond acceptors (Lipinski definition) is 2. The average Bonchev–Trinajstić information content (AvgIpc) is 2.61. The molecule has 8 heteroatoms. The van der Waals surface area contributed by atoms with Crippen molar-refractivity contribution in [1.82, 2.24) is 0 Å². The second-order valence-corrected chi connectivity index (χ2v) is 8.11. The van der Waals surface area contributed by atoms with Crippen LogP contribution in [0.2, 0.25) is 0 Å². The number of hydrogen-bond donors (Lipinski definition) is 1. The maximum Gasteiger partial charge on any atom is 0.426 e. The van der Waals surface area contributed by atoms with Crippen molar-refractivity contribution in [2.24, 2.45) is 17.8 Å². The van der Waals surface area contributed by atoms with E-state index in [1.54, 1.807) is 0 Å². The summed E-state index contributed by atoms with van der Waals surface area (Å²) in [5.74, 6) is -1.03. The van der Waals surface area contributed by atoms with Gasteiger partial charge in [0.05, 0.1) is 12.7 Å². The summed E-state index contributed by atoms with van der Waals surface area (Å²) in [5, 5.41) is 9.50. The van der Waals surface area contributed by atoms with Crippen LogP contribution in [0.5, 0.6) is 0 Å². The third-order valence-electron chi connectivity index (χ3n) is 6.48. The Kier molecular flexibility index (Phi) is 7.50. The fraction of sp³-hybridized carbons (Fsp3) is 1.00. The normalized spacial score (nSPS) is 27.6. The number of aliphatic hydroxyl groups is 1. The van der Waals surface area contributed by atoms with E-state index in [1.807, 2.05) is 0 Å². The molecule has 0 aromatic rings. The van der Waals surface area contributed by atoms with E-state index < -0.39 is 36.6 Å². The zero-order valence-corrected chi connectivity index (χ0v) is 15.7. The van der Waals surface area contributed by atoms with Gasteiger partial charge in [-0.1, -0.05) is 39.0 Å². The molecule has 2 nitrogen and oxygen atoms in total. The molecule has 2 rings (SSSR count). The van der Waals surface area contributed by atoms with Crippen molar-refractivity contribution in [3.8, 4) is 0 Å². The Balaban J connectivity index is 2.18. The largest absolute Gasteiger partial charge is 0.426 e. The van der Waals surface area contributed by atoms with Gasteiger partial charge in [0, 0.05) is 5.92 Å². The Hall–Kier alpha value is -0.500. The van der Waals surface area contributed by atoms with Crippen molar-refractivity contribution >= 4 is 0 Å². The van der Waals surface area contributed by atoms with Gasteiger partial charge in [0.1, 0.15) is 0 Å². The molecule has 0 aliphatic heterocycles. The van der Waals surface area contributed by atoms with Gasteiger partial charge in [0.25, 0.3) is 5.60 Å². The lowest BCUT2D eigenvalue weighted by Gasteiger charge is -2.46. The molecule has 0 aromatic carbocycles. The van der Waals surface area contributed by atoms with Gasteiger partial charge in [-0.3, -0.25) is 0 Å². The van der Waals surface area contributed by atoms with Crippen molar-refractivity contribution in [3.05, 3.63) is 0 Å². The van der Waals surface area contributed by atoms with E-state index in [0.29, 0.717) is 18.8 Å². The Bertz CT molecular complexity index is 434. The van der Waals surface area contributed by atoms with Gasteiger partial charge in [-0.2, -0.15) is 26.3 Å². The summed E-state index contributed by atoms with van der Waals surface area (Å²) in [5.41, 5.74) is -4.20. The molecule has 160 valence electrons. The van der Waals surface area contributed by atoms with Crippen LogP contribution >= 0.6 is 0 Å². The number of aliphatic hydroxyl groups excluding tert-OH is 1. The van der Waals surface area contributed by atoms with E-state index in [0.717, 1.165) is 32.1 Å². The van der Waals surface area contributed by atoms with Gasteiger partial charge >= 0.3 is 12.4 Å². The van der Waals surface area contributed by atoms with E-state index in [9.17, 15) is 31.4 Å². The Labute approximate surface area is 156 Å². The standard InChI is InChI=1S/C19H30F6O2/c1-2-16(26)12-27-17(18(20,21)22,19(23,24)25)15-10-8-14(9-11-15)13-6-4-3-5-7-13/h13-16,26H,2-12H2,1H3. The summed E-state index contributed by atoms with van der Waals surface area (Å²) < 4.78 is 86.9. The summed E-state index contributed by atoms with van der Waals surface area (Å²) in [7, 11) is 0. The minimum atomic E-state index is -5.58. The highest BCUT2D eigenvalue weighted by atomic mass is 19.4. The maximum atomic E-state index is 13.7. The fourth-order valence-electron chi connectivity index (χ4n) is 4.85. The number of alkyl halides is 6. The van der Waals surface area contributed by atoms with Crippen LogP contribution in [0.3, 0.4) is 0 Å². The molecule has 2 fully saturated rings. The van der Waals surface area contributed by atoms with E-state index in [2.05, 4.69) is 4.74 Å². The predicted octanol–water partition coefficient (Wildman–Crippen LogP) is 6.02. The van der Waals surface area contributed by atoms with Crippen LogP contribution in [0.1, 0.15) is 71.1 Å². The van der Waals surface area contributed by atoms with Crippen LogP contribution in [-0.2, 0) is 4.74 Å². The van der Waals surface area contributed by atoms with Crippen LogP contribution in [-0.4, -0.2) is 35.8 Å². The third-order valence-corrected chi connectivity index (χ3v) is 6.48. The first-order valence-electron chi connectivity index (χ1n) is 9.98. The zero-order chi connectivity index (χ0) is 20.3. The van der Waals surface area contributed by atoms with Crippen LogP contribution in [0.4, 0.5) is 26.3 Å². The summed E-state index contributed by atoms with van der Waals surface area (Å²) in [6.45, 7) is 0.504. The van der Waals surface area contributed by atoms with Crippen LogP contribution < -0.4 is 0 Å². The molecule has 1 atom stereocenters. The van der Waals surface area contributed by atoms with E-state index >= 15 is 0 Å². The highest BCUT2D eigenvalue weighted by Crippen LogP contribution is 2.55. The molecule has 2 aliphatic carbocycles. The van der Waals surface area contributed by atoms with Gasteiger partial charge in [0.2, 0.25) is 0 Å². The fourth-order valence-corrected chi connectivity index (χ4v) is 4.85. The molecule has 0 radical (unpaired) electrons. The van der Waals surface area contributed by atoms with Gasteiger partial charge < -0.3 is 9.84 Å². The first-order chi connectivity index (χ1) is 12.5. The van der Waals surface area contributed by atoms with Crippen molar-refractivity contribution in [1.29, 1.82) is 0 Å². The first-order valence-corrected chi connectivity index (χ1v) is 9.98. The van der Waals surface area contributed by atoms with Crippen LogP contribution in [0, 0.1) is 17.8 Å². The number of rotatable bonds is 6. The van der Waals surface area contributed by atoms with Gasteiger partial charge in [-0.05, 0) is 43.9 Å². The second-order valence-electron chi connectivity index (χ2n) is 8.11. The Morgan fingerprint density at radius 2 is 1.30 bits per heavy atom. The lowest BCUT2D eigenvalue weighted by atomic mass is 9.67. The molecule has 0 aromatic heterocycles. The smallest absolute Gasteiger partial charge is 0.391 e. The van der Waals surface area contributed by atoms with Gasteiger partial charge in [-0.15, -0.1) is 0 Å². The van der Waals surface area contributed by atoms with Crippen molar-refractivity contribution in [2.45, 2.75) is 95.2 Å². The lowest BCUT2D eigenvalue weighted by Crippen LogP contribution is -2.64. The molecule has 1 unspecified atom stereocenters. The van der Waals surface area contributed by atoms with Crippen molar-refractivity contribution < 1.29 is 36.2 Å². The molecule has 0 bridgehead atoms. The minimum absolute atomic E-state index is 0.0280. The average molecular weight is 404 g/mol. The lowest BCUT2D eigenvalue weighted by molar-refractivity contribution is -0.402. The first kappa shape index (κ1) is 22.8. The SMILES string of the molecule is CCC(O)COC(C1CCC(C2CCCCC2)CC1)(C(F)(F)F)C(F)(F)F. The van der Waals surface area contributed by atoms with Gasteiger partial charge in [0.15, 0.2) is 0 Å². The molecule has 27 heavy (non-hydrogen) atoms. The summed E-state index contributed by atoms with van der Waals surface area (Å²) >= 11 is 0. The molecular formula is C19H30F6O2. The monoisotopic (exact) mass is 404 g/mol. The molecule has 2 saturated carbocycles. The molecule has 1 N–H and O–H groups in total. The zero-order valence-electron chi connectivity index (χ0n) is 15.7. The quantitative estimate of drug-likeness (QED) is 0.548. The molecule has 0 spiro atoms. The maximum absolute atomic E-state index is 13.7. The van der Waals surface area contributed by atoms with E-state index in [-0.39, 0.29) is 25.2 Å². The topological polar surface area (TPSA) is 29.5 Å². The second kappa shape index (κ2) is 8.89. The highest BCUT2D eigenvalue weighted by Gasteiger charge is 2.75. The Morgan fingerprint density at radius 1 is 0.815 bits per heavy atom. The number of halogens is 6. The minimum Gasteiger partial charge on any atom is -0.391 e. The molecule has 0 heterocycles. The van der Waals surface area contributed by atoms with E-state index in [4.69, 9.17) is 0 Å². The Morgan fingerprint density at radius 3 is 1.74 bits per heavy atom. The molecular weight excluding hydrogens is 374 g/mol. The number of ether oxygens (including phenoxy) is 1. The van der Waals surface area contributed by atoms with E-state index in [1.165, 1.54) is 6.92 Å². The van der Waals surface area contributed by atoms with Crippen LogP contribution in [0.15, 0.2) is 0 Å². The molecule has 0 saturated heterocycles. The van der Waals surface area contributed by atoms with Crippen molar-refractivity contribution in [2.75, 3.05) is 6.61 Å². The summed E-state index contributed by atoms with van der Waals surface area (Å²) in [6, 6.07) is 0. The summed E-state index contributed by atoms with van der Waals surface area (Å²) in [4.78, 5) is 0. The third kappa shape index (κ3) is 4.92. The van der Waals surface area contributed by atoms with Gasteiger partial charge in [-0.25, -0.2) is 0 Å². The van der Waals surface area contributed by atoms with Crippen molar-refractivity contribution in [3.63, 3.8) is 0 Å². The highest BCUT2D eigenvalue weighted by molar-refractivity contribution is 5.03. The molecule has 0 amide bonds.